The number of nitrogens with one attached hydrogen (secondary N) is 1. The van der Waals surface area contributed by atoms with Crippen molar-refractivity contribution in [2.75, 3.05) is 18.5 Å². The smallest absolute Gasteiger partial charge is 0.333 e. The number of anilines is 1. The number of hydrogen-bond donors (Lipinski definition) is 2. The van der Waals surface area contributed by atoms with Gasteiger partial charge in [-0.3, -0.25) is 10.1 Å². The number of aryl methyl sites for hydroxylation is 2. The summed E-state index contributed by atoms with van der Waals surface area (Å²) in [6, 6.07) is 0. The third kappa shape index (κ3) is 3.43. The first kappa shape index (κ1) is 14.4. The number of aromatic nitrogens is 2. The van der Waals surface area contributed by atoms with Crippen LogP contribution < -0.4 is 5.32 Å². The summed E-state index contributed by atoms with van der Waals surface area (Å²) >= 11 is 0. The predicted molar refractivity (Wildman–Crippen MR) is 68.7 cm³/mol. The Labute approximate surface area is 106 Å². The average Bonchev–Trinajstić information content (AvgIpc) is 2.65. The van der Waals surface area contributed by atoms with E-state index in [1.54, 1.807) is 11.6 Å². The van der Waals surface area contributed by atoms with Gasteiger partial charge in [-0.05, 0) is 33.1 Å². The largest absolute Gasteiger partial charge is 0.396 e. The van der Waals surface area contributed by atoms with Gasteiger partial charge in [0.25, 0.3) is 0 Å². The maximum atomic E-state index is 11.0. The van der Waals surface area contributed by atoms with Crippen LogP contribution in [0.15, 0.2) is 0 Å². The molecule has 0 saturated carbocycles. The third-order valence-corrected chi connectivity index (χ3v) is 2.71. The molecule has 0 radical (unpaired) electrons. The molecule has 0 unspecified atom stereocenters. The standard InChI is InChI=1S/C11H20N4O3/c1-3-14-11(12-7-5-4-6-8-16)10(15(17)18)9(2)13-14/h12,16H,3-8H2,1-2H3. The predicted octanol–water partition coefficient (Wildman–Crippen LogP) is 1.69. The monoisotopic (exact) mass is 256 g/mol. The van der Waals surface area contributed by atoms with E-state index < -0.39 is 4.92 Å². The molecule has 0 aromatic carbocycles. The third-order valence-electron chi connectivity index (χ3n) is 2.71. The Kier molecular flexibility index (Phi) is 5.57. The highest BCUT2D eigenvalue weighted by Crippen LogP contribution is 2.27. The minimum absolute atomic E-state index is 0.0546. The molecule has 0 aliphatic carbocycles. The first-order chi connectivity index (χ1) is 8.61. The highest BCUT2D eigenvalue weighted by molar-refractivity contribution is 5.59. The molecule has 0 amide bonds. The van der Waals surface area contributed by atoms with E-state index in [-0.39, 0.29) is 12.3 Å². The summed E-state index contributed by atoms with van der Waals surface area (Å²) in [6.45, 7) is 4.96. The van der Waals surface area contributed by atoms with Gasteiger partial charge in [0.05, 0.1) is 4.92 Å². The second kappa shape index (κ2) is 6.95. The highest BCUT2D eigenvalue weighted by Gasteiger charge is 2.24. The van der Waals surface area contributed by atoms with Gasteiger partial charge >= 0.3 is 5.69 Å². The minimum atomic E-state index is -0.398. The molecule has 0 spiro atoms. The molecule has 7 heteroatoms. The van der Waals surface area contributed by atoms with Gasteiger partial charge in [0, 0.05) is 19.7 Å². The molecule has 0 aliphatic rings. The van der Waals surface area contributed by atoms with Crippen LogP contribution in [-0.2, 0) is 6.54 Å². The summed E-state index contributed by atoms with van der Waals surface area (Å²) in [5, 5.41) is 26.9. The number of nitrogens with zero attached hydrogens (tertiary/aromatic N) is 3. The normalized spacial score (nSPS) is 10.6. The molecule has 1 aromatic heterocycles. The zero-order valence-electron chi connectivity index (χ0n) is 10.8. The van der Waals surface area contributed by atoms with Gasteiger partial charge in [-0.25, -0.2) is 4.68 Å². The van der Waals surface area contributed by atoms with Crippen molar-refractivity contribution in [2.24, 2.45) is 0 Å². The van der Waals surface area contributed by atoms with Crippen molar-refractivity contribution in [1.29, 1.82) is 0 Å². The molecule has 1 heterocycles. The molecule has 0 atom stereocenters. The molecule has 102 valence electrons. The van der Waals surface area contributed by atoms with Crippen LogP contribution in [-0.4, -0.2) is 33.0 Å². The summed E-state index contributed by atoms with van der Waals surface area (Å²) in [5.41, 5.74) is 0.485. The fraction of sp³-hybridized carbons (Fsp3) is 0.727. The van der Waals surface area contributed by atoms with E-state index in [4.69, 9.17) is 5.11 Å². The SMILES string of the molecule is CCn1nc(C)c([N+](=O)[O-])c1NCCCCCO. The maximum absolute atomic E-state index is 11.0. The average molecular weight is 256 g/mol. The fourth-order valence-electron chi connectivity index (χ4n) is 1.81. The molecule has 0 aliphatic heterocycles. The number of unbranched alkanes of at least 4 members (excludes halogenated alkanes) is 2. The topological polar surface area (TPSA) is 93.2 Å². The molecular weight excluding hydrogens is 236 g/mol. The lowest BCUT2D eigenvalue weighted by atomic mass is 10.2. The van der Waals surface area contributed by atoms with Crippen molar-refractivity contribution >= 4 is 11.5 Å². The lowest BCUT2D eigenvalue weighted by molar-refractivity contribution is -0.384. The molecular formula is C11H20N4O3. The summed E-state index contributed by atoms with van der Waals surface area (Å²) in [4.78, 5) is 10.6. The molecule has 1 rings (SSSR count). The lowest BCUT2D eigenvalue weighted by Crippen LogP contribution is -2.09. The first-order valence-electron chi connectivity index (χ1n) is 6.18. The summed E-state index contributed by atoms with van der Waals surface area (Å²) < 4.78 is 1.61. The number of aliphatic hydroxyl groups is 1. The quantitative estimate of drug-likeness (QED) is 0.419. The van der Waals surface area contributed by atoms with Crippen molar-refractivity contribution in [3.8, 4) is 0 Å². The molecule has 2 N–H and O–H groups in total. The van der Waals surface area contributed by atoms with Gasteiger partial charge in [-0.1, -0.05) is 0 Å². The van der Waals surface area contributed by atoms with Crippen LogP contribution in [0.5, 0.6) is 0 Å². The Hall–Kier alpha value is -1.63. The molecule has 0 bridgehead atoms. The Balaban J connectivity index is 2.70. The second-order valence-corrected chi connectivity index (χ2v) is 4.07. The van der Waals surface area contributed by atoms with E-state index in [9.17, 15) is 10.1 Å². The van der Waals surface area contributed by atoms with E-state index >= 15 is 0 Å². The highest BCUT2D eigenvalue weighted by atomic mass is 16.6. The first-order valence-corrected chi connectivity index (χ1v) is 6.18. The maximum Gasteiger partial charge on any atom is 0.333 e. The zero-order valence-corrected chi connectivity index (χ0v) is 10.8. The second-order valence-electron chi connectivity index (χ2n) is 4.07. The van der Waals surface area contributed by atoms with Gasteiger partial charge < -0.3 is 10.4 Å². The van der Waals surface area contributed by atoms with Gasteiger partial charge in [-0.2, -0.15) is 5.10 Å². The summed E-state index contributed by atoms with van der Waals surface area (Å²) in [5.74, 6) is 0.476. The minimum Gasteiger partial charge on any atom is -0.396 e. The summed E-state index contributed by atoms with van der Waals surface area (Å²) in [6.07, 6.45) is 2.53. The van der Waals surface area contributed by atoms with Crippen LogP contribution in [0.4, 0.5) is 11.5 Å². The molecule has 18 heavy (non-hydrogen) atoms. The van der Waals surface area contributed by atoms with E-state index in [2.05, 4.69) is 10.4 Å². The molecule has 0 fully saturated rings. The van der Waals surface area contributed by atoms with Crippen molar-refractivity contribution < 1.29 is 10.0 Å². The number of hydrogen-bond acceptors (Lipinski definition) is 5. The van der Waals surface area contributed by atoms with Crippen molar-refractivity contribution in [1.82, 2.24) is 9.78 Å². The lowest BCUT2D eigenvalue weighted by Gasteiger charge is -2.07. The van der Waals surface area contributed by atoms with Crippen molar-refractivity contribution in [3.05, 3.63) is 15.8 Å². The van der Waals surface area contributed by atoms with Crippen LogP contribution in [0, 0.1) is 17.0 Å². The van der Waals surface area contributed by atoms with Gasteiger partial charge in [0.2, 0.25) is 5.82 Å². The molecule has 1 aromatic rings. The van der Waals surface area contributed by atoms with E-state index in [0.717, 1.165) is 19.3 Å². The van der Waals surface area contributed by atoms with E-state index in [0.29, 0.717) is 24.6 Å². The van der Waals surface area contributed by atoms with E-state index in [1.807, 2.05) is 6.92 Å². The number of nitro groups is 1. The summed E-state index contributed by atoms with van der Waals surface area (Å²) in [7, 11) is 0. The van der Waals surface area contributed by atoms with Crippen LogP contribution in [0.25, 0.3) is 0 Å². The Morgan fingerprint density at radius 1 is 1.44 bits per heavy atom. The van der Waals surface area contributed by atoms with Gasteiger partial charge in [0.1, 0.15) is 5.69 Å². The van der Waals surface area contributed by atoms with Crippen LogP contribution in [0.1, 0.15) is 31.9 Å². The zero-order chi connectivity index (χ0) is 13.5. The van der Waals surface area contributed by atoms with E-state index in [1.165, 1.54) is 0 Å². The van der Waals surface area contributed by atoms with Crippen LogP contribution >= 0.6 is 0 Å². The van der Waals surface area contributed by atoms with Crippen molar-refractivity contribution in [3.63, 3.8) is 0 Å². The number of rotatable bonds is 8. The molecule has 7 nitrogen and oxygen atoms in total. The van der Waals surface area contributed by atoms with Gasteiger partial charge in [-0.15, -0.1) is 0 Å². The number of aliphatic hydroxyl groups excluding tert-OH is 1. The Morgan fingerprint density at radius 3 is 2.72 bits per heavy atom. The Morgan fingerprint density at radius 2 is 2.17 bits per heavy atom. The van der Waals surface area contributed by atoms with Gasteiger partial charge in [0.15, 0.2) is 0 Å². The Bertz CT molecular complexity index is 403. The fourth-order valence-corrected chi connectivity index (χ4v) is 1.81. The van der Waals surface area contributed by atoms with Crippen molar-refractivity contribution in [2.45, 2.75) is 39.7 Å². The van der Waals surface area contributed by atoms with Crippen LogP contribution in [0.2, 0.25) is 0 Å². The molecule has 0 saturated heterocycles. The van der Waals surface area contributed by atoms with Crippen LogP contribution in [0.3, 0.4) is 0 Å².